The number of nitrogens with one attached hydrogen (secondary N) is 2. The van der Waals surface area contributed by atoms with Gasteiger partial charge < -0.3 is 10.6 Å². The molecule has 1 aromatic heterocycles. The standard InChI is InChI=1S/C18H25N3OS/c1-4-9-19-10-11-20-17(22)12-16-18(21-14(3)23-16)15-7-5-13(2)6-8-15/h5-8,19H,4,9-12H2,1-3H3,(H,20,22). The number of carbonyl (C=O) groups is 1. The molecule has 0 saturated carbocycles. The first-order chi connectivity index (χ1) is 11.1. The van der Waals surface area contributed by atoms with E-state index in [1.807, 2.05) is 6.92 Å². The predicted octanol–water partition coefficient (Wildman–Crippen LogP) is 3.09. The van der Waals surface area contributed by atoms with E-state index in [0.29, 0.717) is 13.0 Å². The second kappa shape index (κ2) is 8.79. The molecule has 0 bridgehead atoms. The quantitative estimate of drug-likeness (QED) is 0.731. The van der Waals surface area contributed by atoms with Crippen LogP contribution in [-0.4, -0.2) is 30.5 Å². The van der Waals surface area contributed by atoms with Crippen molar-refractivity contribution in [1.29, 1.82) is 0 Å². The van der Waals surface area contributed by atoms with Crippen molar-refractivity contribution < 1.29 is 4.79 Å². The average molecular weight is 331 g/mol. The van der Waals surface area contributed by atoms with Crippen LogP contribution in [0.25, 0.3) is 11.3 Å². The lowest BCUT2D eigenvalue weighted by Gasteiger charge is -2.06. The molecule has 5 heteroatoms. The molecular weight excluding hydrogens is 306 g/mol. The number of benzene rings is 1. The van der Waals surface area contributed by atoms with Crippen LogP contribution < -0.4 is 10.6 Å². The molecule has 0 radical (unpaired) electrons. The minimum absolute atomic E-state index is 0.0558. The lowest BCUT2D eigenvalue weighted by atomic mass is 10.1. The molecule has 2 rings (SSSR count). The van der Waals surface area contributed by atoms with Gasteiger partial charge in [0.15, 0.2) is 0 Å². The fraction of sp³-hybridized carbons (Fsp3) is 0.444. The van der Waals surface area contributed by atoms with Crippen molar-refractivity contribution in [2.24, 2.45) is 0 Å². The third kappa shape index (κ3) is 5.44. The van der Waals surface area contributed by atoms with E-state index in [-0.39, 0.29) is 5.91 Å². The van der Waals surface area contributed by atoms with E-state index >= 15 is 0 Å². The molecule has 1 heterocycles. The van der Waals surface area contributed by atoms with Crippen LogP contribution in [0.15, 0.2) is 24.3 Å². The molecule has 0 saturated heterocycles. The second-order valence-corrected chi connectivity index (χ2v) is 6.94. The Kier molecular flexibility index (Phi) is 6.74. The zero-order valence-corrected chi connectivity index (χ0v) is 14.9. The summed E-state index contributed by atoms with van der Waals surface area (Å²) in [5.41, 5.74) is 3.23. The van der Waals surface area contributed by atoms with Gasteiger partial charge in [-0.1, -0.05) is 36.8 Å². The molecule has 4 nitrogen and oxygen atoms in total. The van der Waals surface area contributed by atoms with E-state index in [9.17, 15) is 4.79 Å². The van der Waals surface area contributed by atoms with Crippen LogP contribution in [0.2, 0.25) is 0 Å². The van der Waals surface area contributed by atoms with Gasteiger partial charge >= 0.3 is 0 Å². The third-order valence-electron chi connectivity index (χ3n) is 3.50. The molecule has 0 spiro atoms. The summed E-state index contributed by atoms with van der Waals surface area (Å²) in [5, 5.41) is 7.23. The van der Waals surface area contributed by atoms with Gasteiger partial charge in [-0.2, -0.15) is 0 Å². The topological polar surface area (TPSA) is 54.0 Å². The van der Waals surface area contributed by atoms with Crippen LogP contribution in [0.4, 0.5) is 0 Å². The minimum atomic E-state index is 0.0558. The SMILES string of the molecule is CCCNCCNC(=O)Cc1sc(C)nc1-c1ccc(C)cc1. The molecule has 0 atom stereocenters. The molecule has 1 amide bonds. The van der Waals surface area contributed by atoms with Crippen molar-refractivity contribution in [3.8, 4) is 11.3 Å². The van der Waals surface area contributed by atoms with Gasteiger partial charge in [0.05, 0.1) is 17.1 Å². The van der Waals surface area contributed by atoms with Crippen LogP contribution in [0.1, 0.15) is 28.8 Å². The van der Waals surface area contributed by atoms with Gasteiger partial charge in [0.25, 0.3) is 0 Å². The molecule has 0 unspecified atom stereocenters. The molecule has 23 heavy (non-hydrogen) atoms. The summed E-state index contributed by atoms with van der Waals surface area (Å²) in [5.74, 6) is 0.0558. The van der Waals surface area contributed by atoms with E-state index < -0.39 is 0 Å². The number of aryl methyl sites for hydroxylation is 2. The summed E-state index contributed by atoms with van der Waals surface area (Å²) < 4.78 is 0. The monoisotopic (exact) mass is 331 g/mol. The molecule has 2 aromatic rings. The van der Waals surface area contributed by atoms with Gasteiger partial charge in [-0.25, -0.2) is 4.98 Å². The molecule has 0 aliphatic carbocycles. The van der Waals surface area contributed by atoms with Crippen LogP contribution >= 0.6 is 11.3 Å². The van der Waals surface area contributed by atoms with E-state index in [1.54, 1.807) is 11.3 Å². The first-order valence-electron chi connectivity index (χ1n) is 8.11. The Morgan fingerprint density at radius 3 is 2.57 bits per heavy atom. The normalized spacial score (nSPS) is 10.7. The van der Waals surface area contributed by atoms with Crippen molar-refractivity contribution >= 4 is 17.2 Å². The van der Waals surface area contributed by atoms with Gasteiger partial charge in [0, 0.05) is 23.5 Å². The minimum Gasteiger partial charge on any atom is -0.355 e. The average Bonchev–Trinajstić information content (AvgIpc) is 2.88. The first kappa shape index (κ1) is 17.6. The number of nitrogens with zero attached hydrogens (tertiary/aromatic N) is 1. The van der Waals surface area contributed by atoms with E-state index in [0.717, 1.165) is 40.7 Å². The lowest BCUT2D eigenvalue weighted by molar-refractivity contribution is -0.120. The number of hydrogen-bond acceptors (Lipinski definition) is 4. The summed E-state index contributed by atoms with van der Waals surface area (Å²) >= 11 is 1.60. The lowest BCUT2D eigenvalue weighted by Crippen LogP contribution is -2.32. The largest absolute Gasteiger partial charge is 0.355 e. The Balaban J connectivity index is 1.97. The molecule has 0 fully saturated rings. The van der Waals surface area contributed by atoms with Crippen molar-refractivity contribution in [2.75, 3.05) is 19.6 Å². The highest BCUT2D eigenvalue weighted by Gasteiger charge is 2.14. The summed E-state index contributed by atoms with van der Waals surface area (Å²) in [6.45, 7) is 8.64. The molecule has 124 valence electrons. The van der Waals surface area contributed by atoms with Crippen LogP contribution in [0.3, 0.4) is 0 Å². The molecule has 0 aliphatic rings. The van der Waals surface area contributed by atoms with Gasteiger partial charge in [-0.05, 0) is 26.8 Å². The summed E-state index contributed by atoms with van der Waals surface area (Å²) in [6, 6.07) is 8.29. The van der Waals surface area contributed by atoms with Crippen LogP contribution in [0.5, 0.6) is 0 Å². The predicted molar refractivity (Wildman–Crippen MR) is 96.9 cm³/mol. The Labute approximate surface area is 142 Å². The highest BCUT2D eigenvalue weighted by atomic mass is 32.1. The van der Waals surface area contributed by atoms with E-state index in [4.69, 9.17) is 0 Å². The van der Waals surface area contributed by atoms with Crippen molar-refractivity contribution in [3.05, 3.63) is 39.7 Å². The summed E-state index contributed by atoms with van der Waals surface area (Å²) in [4.78, 5) is 17.8. The molecule has 2 N–H and O–H groups in total. The van der Waals surface area contributed by atoms with Gasteiger partial charge in [-0.3, -0.25) is 4.79 Å². The zero-order chi connectivity index (χ0) is 16.7. The smallest absolute Gasteiger partial charge is 0.225 e. The van der Waals surface area contributed by atoms with Crippen molar-refractivity contribution in [3.63, 3.8) is 0 Å². The number of rotatable bonds is 8. The zero-order valence-electron chi connectivity index (χ0n) is 14.1. The Morgan fingerprint density at radius 2 is 1.87 bits per heavy atom. The number of hydrogen-bond donors (Lipinski definition) is 2. The number of carbonyl (C=O) groups excluding carboxylic acids is 1. The number of aromatic nitrogens is 1. The molecule has 0 aliphatic heterocycles. The highest BCUT2D eigenvalue weighted by Crippen LogP contribution is 2.28. The fourth-order valence-corrected chi connectivity index (χ4v) is 3.28. The maximum atomic E-state index is 12.1. The number of amides is 1. The Morgan fingerprint density at radius 1 is 1.13 bits per heavy atom. The molecule has 1 aromatic carbocycles. The maximum Gasteiger partial charge on any atom is 0.225 e. The van der Waals surface area contributed by atoms with E-state index in [1.165, 1.54) is 5.56 Å². The first-order valence-corrected chi connectivity index (χ1v) is 8.92. The fourth-order valence-electron chi connectivity index (χ4n) is 2.33. The van der Waals surface area contributed by atoms with Gasteiger partial charge in [-0.15, -0.1) is 11.3 Å². The maximum absolute atomic E-state index is 12.1. The van der Waals surface area contributed by atoms with Crippen LogP contribution in [-0.2, 0) is 11.2 Å². The second-order valence-electron chi connectivity index (χ2n) is 5.65. The van der Waals surface area contributed by atoms with Crippen molar-refractivity contribution in [1.82, 2.24) is 15.6 Å². The van der Waals surface area contributed by atoms with Gasteiger partial charge in [0.2, 0.25) is 5.91 Å². The van der Waals surface area contributed by atoms with Crippen molar-refractivity contribution in [2.45, 2.75) is 33.6 Å². The number of thiazole rings is 1. The van der Waals surface area contributed by atoms with Crippen LogP contribution in [0, 0.1) is 13.8 Å². The summed E-state index contributed by atoms with van der Waals surface area (Å²) in [7, 11) is 0. The summed E-state index contributed by atoms with van der Waals surface area (Å²) in [6.07, 6.45) is 1.50. The third-order valence-corrected chi connectivity index (χ3v) is 4.47. The highest BCUT2D eigenvalue weighted by molar-refractivity contribution is 7.12. The van der Waals surface area contributed by atoms with Gasteiger partial charge in [0.1, 0.15) is 0 Å². The Hall–Kier alpha value is -1.72. The van der Waals surface area contributed by atoms with E-state index in [2.05, 4.69) is 53.7 Å². The Bertz CT molecular complexity index is 634. The molecular formula is C18H25N3OS.